The van der Waals surface area contributed by atoms with E-state index < -0.39 is 0 Å². The number of anilines is 1. The van der Waals surface area contributed by atoms with Crippen LogP contribution in [0.5, 0.6) is 5.75 Å². The number of nitrogens with zero attached hydrogens (tertiary/aromatic N) is 3. The summed E-state index contributed by atoms with van der Waals surface area (Å²) < 4.78 is 5.39. The van der Waals surface area contributed by atoms with Crippen molar-refractivity contribution in [2.75, 3.05) is 18.7 Å². The van der Waals surface area contributed by atoms with E-state index in [0.717, 1.165) is 22.2 Å². The van der Waals surface area contributed by atoms with Gasteiger partial charge in [0.1, 0.15) is 18.8 Å². The predicted molar refractivity (Wildman–Crippen MR) is 74.8 cm³/mol. The Bertz CT molecular complexity index is 634. The third kappa shape index (κ3) is 1.72. The topological polar surface area (TPSA) is 37.2 Å². The highest BCUT2D eigenvalue weighted by atomic mass is 16.5. The van der Waals surface area contributed by atoms with Crippen molar-refractivity contribution in [3.63, 3.8) is 0 Å². The summed E-state index contributed by atoms with van der Waals surface area (Å²) in [6.07, 6.45) is 3.36. The van der Waals surface area contributed by atoms with Crippen molar-refractivity contribution in [2.45, 2.75) is 0 Å². The number of fused-ring (bicyclic) bond motifs is 1. The molecule has 0 aromatic heterocycles. The Morgan fingerprint density at radius 3 is 2.67 bits per heavy atom. The summed E-state index contributed by atoms with van der Waals surface area (Å²) in [5.41, 5.74) is 1.09. The first-order chi connectivity index (χ1) is 8.90. The summed E-state index contributed by atoms with van der Waals surface area (Å²) >= 11 is 0. The van der Waals surface area contributed by atoms with Gasteiger partial charge in [0.15, 0.2) is 0 Å². The molecule has 18 heavy (non-hydrogen) atoms. The minimum atomic E-state index is 0.597. The molecule has 0 saturated carbocycles. The molecular formula is C14H13N3O. The zero-order chi connectivity index (χ0) is 12.4. The van der Waals surface area contributed by atoms with E-state index in [4.69, 9.17) is 4.74 Å². The van der Waals surface area contributed by atoms with Crippen LogP contribution in [0.1, 0.15) is 0 Å². The molecule has 4 heteroatoms. The standard InChI is InChI=1S/C14H13N3O/c1-18-14-7-6-13(17-9-15-8-16-10-17)11-4-2-3-5-12(11)14/h2-9H,10H2,1H3. The molecule has 2 aromatic carbocycles. The molecular weight excluding hydrogens is 226 g/mol. The number of rotatable bonds is 2. The Morgan fingerprint density at radius 2 is 1.94 bits per heavy atom. The lowest BCUT2D eigenvalue weighted by atomic mass is 10.1. The second kappa shape index (κ2) is 4.49. The minimum Gasteiger partial charge on any atom is -0.496 e. The maximum Gasteiger partial charge on any atom is 0.126 e. The van der Waals surface area contributed by atoms with Gasteiger partial charge in [-0.25, -0.2) is 4.99 Å². The summed E-state index contributed by atoms with van der Waals surface area (Å²) in [7, 11) is 1.69. The molecule has 0 spiro atoms. The lowest BCUT2D eigenvalue weighted by Gasteiger charge is -2.21. The highest BCUT2D eigenvalue weighted by Gasteiger charge is 2.11. The molecule has 0 atom stereocenters. The highest BCUT2D eigenvalue weighted by Crippen LogP contribution is 2.33. The van der Waals surface area contributed by atoms with Gasteiger partial charge in [0.2, 0.25) is 0 Å². The Balaban J connectivity index is 2.18. The second-order valence-corrected chi connectivity index (χ2v) is 4.01. The molecule has 0 unspecified atom stereocenters. The molecule has 0 bridgehead atoms. The Labute approximate surface area is 105 Å². The molecule has 0 fully saturated rings. The molecule has 1 aliphatic heterocycles. The molecule has 90 valence electrons. The van der Waals surface area contributed by atoms with Crippen molar-refractivity contribution in [1.29, 1.82) is 0 Å². The first-order valence-electron chi connectivity index (χ1n) is 5.74. The SMILES string of the molecule is COc1ccc(N2C=NC=NC2)c2ccccc12. The van der Waals surface area contributed by atoms with Gasteiger partial charge in [0.05, 0.1) is 19.1 Å². The van der Waals surface area contributed by atoms with E-state index in [1.54, 1.807) is 19.8 Å². The number of hydrogen-bond acceptors (Lipinski definition) is 4. The second-order valence-electron chi connectivity index (χ2n) is 4.01. The van der Waals surface area contributed by atoms with Gasteiger partial charge < -0.3 is 9.64 Å². The molecule has 1 heterocycles. The maximum atomic E-state index is 5.39. The number of aliphatic imine (C=N–C) groups is 2. The largest absolute Gasteiger partial charge is 0.496 e. The molecule has 0 amide bonds. The van der Waals surface area contributed by atoms with Crippen molar-refractivity contribution in [3.05, 3.63) is 36.4 Å². The average Bonchev–Trinajstić information content (AvgIpc) is 2.47. The number of benzene rings is 2. The first-order valence-corrected chi connectivity index (χ1v) is 5.74. The van der Waals surface area contributed by atoms with Crippen molar-refractivity contribution >= 4 is 29.1 Å². The molecule has 0 N–H and O–H groups in total. The van der Waals surface area contributed by atoms with E-state index >= 15 is 0 Å². The number of ether oxygens (including phenoxy) is 1. The molecule has 3 rings (SSSR count). The van der Waals surface area contributed by atoms with Crippen LogP contribution in [0.3, 0.4) is 0 Å². The Hall–Kier alpha value is -2.36. The van der Waals surface area contributed by atoms with E-state index in [1.165, 1.54) is 0 Å². The highest BCUT2D eigenvalue weighted by molar-refractivity contribution is 6.03. The van der Waals surface area contributed by atoms with Gasteiger partial charge in [-0.15, -0.1) is 0 Å². The lowest BCUT2D eigenvalue weighted by molar-refractivity contribution is 0.420. The van der Waals surface area contributed by atoms with Crippen molar-refractivity contribution in [1.82, 2.24) is 0 Å². The molecule has 2 aromatic rings. The van der Waals surface area contributed by atoms with E-state index in [9.17, 15) is 0 Å². The quantitative estimate of drug-likeness (QED) is 0.808. The lowest BCUT2D eigenvalue weighted by Crippen LogP contribution is -2.23. The van der Waals surface area contributed by atoms with Crippen LogP contribution in [-0.2, 0) is 0 Å². The van der Waals surface area contributed by atoms with E-state index in [-0.39, 0.29) is 0 Å². The maximum absolute atomic E-state index is 5.39. The molecule has 1 aliphatic rings. The number of methoxy groups -OCH3 is 1. The van der Waals surface area contributed by atoms with Crippen LogP contribution >= 0.6 is 0 Å². The first kappa shape index (κ1) is 10.8. The van der Waals surface area contributed by atoms with Crippen LogP contribution in [-0.4, -0.2) is 26.5 Å². The molecule has 0 aliphatic carbocycles. The number of hydrogen-bond donors (Lipinski definition) is 0. The fourth-order valence-corrected chi connectivity index (χ4v) is 2.14. The fraction of sp³-hybridized carbons (Fsp3) is 0.143. The fourth-order valence-electron chi connectivity index (χ4n) is 2.14. The zero-order valence-corrected chi connectivity index (χ0v) is 10.1. The van der Waals surface area contributed by atoms with Crippen LogP contribution in [0, 0.1) is 0 Å². The normalized spacial score (nSPS) is 14.2. The third-order valence-electron chi connectivity index (χ3n) is 2.98. The zero-order valence-electron chi connectivity index (χ0n) is 10.1. The van der Waals surface area contributed by atoms with Gasteiger partial charge in [-0.1, -0.05) is 24.3 Å². The smallest absolute Gasteiger partial charge is 0.126 e. The third-order valence-corrected chi connectivity index (χ3v) is 2.98. The van der Waals surface area contributed by atoms with Crippen molar-refractivity contribution < 1.29 is 4.74 Å². The van der Waals surface area contributed by atoms with Crippen LogP contribution in [0.25, 0.3) is 10.8 Å². The van der Waals surface area contributed by atoms with E-state index in [0.29, 0.717) is 6.67 Å². The molecule has 0 radical (unpaired) electrons. The monoisotopic (exact) mass is 239 g/mol. The van der Waals surface area contributed by atoms with Crippen molar-refractivity contribution in [3.8, 4) is 5.75 Å². The van der Waals surface area contributed by atoms with Gasteiger partial charge >= 0.3 is 0 Å². The van der Waals surface area contributed by atoms with Gasteiger partial charge in [-0.05, 0) is 12.1 Å². The van der Waals surface area contributed by atoms with Crippen LogP contribution in [0.4, 0.5) is 5.69 Å². The minimum absolute atomic E-state index is 0.597. The van der Waals surface area contributed by atoms with Gasteiger partial charge in [-0.3, -0.25) is 4.99 Å². The average molecular weight is 239 g/mol. The summed E-state index contributed by atoms with van der Waals surface area (Å²) in [6.45, 7) is 0.597. The van der Waals surface area contributed by atoms with Crippen LogP contribution in [0.2, 0.25) is 0 Å². The molecule has 4 nitrogen and oxygen atoms in total. The van der Waals surface area contributed by atoms with Gasteiger partial charge in [0.25, 0.3) is 0 Å². The van der Waals surface area contributed by atoms with E-state index in [2.05, 4.69) is 22.1 Å². The van der Waals surface area contributed by atoms with Crippen LogP contribution in [0.15, 0.2) is 46.4 Å². The van der Waals surface area contributed by atoms with E-state index in [1.807, 2.05) is 29.2 Å². The Morgan fingerprint density at radius 1 is 1.11 bits per heavy atom. The summed E-state index contributed by atoms with van der Waals surface area (Å²) in [4.78, 5) is 10.2. The molecule has 0 saturated heterocycles. The predicted octanol–water partition coefficient (Wildman–Crippen LogP) is 2.68. The summed E-state index contributed by atoms with van der Waals surface area (Å²) in [5.74, 6) is 0.881. The van der Waals surface area contributed by atoms with Gasteiger partial charge in [0, 0.05) is 10.8 Å². The van der Waals surface area contributed by atoms with Crippen molar-refractivity contribution in [2.24, 2.45) is 9.98 Å². The van der Waals surface area contributed by atoms with Gasteiger partial charge in [-0.2, -0.15) is 0 Å². The summed E-state index contributed by atoms with van der Waals surface area (Å²) in [6, 6.07) is 12.2. The Kier molecular flexibility index (Phi) is 2.68. The summed E-state index contributed by atoms with van der Waals surface area (Å²) in [5, 5.41) is 2.24. The van der Waals surface area contributed by atoms with Crippen LogP contribution < -0.4 is 9.64 Å².